The zero-order valence-electron chi connectivity index (χ0n) is 24.0. The van der Waals surface area contributed by atoms with E-state index in [-0.39, 0.29) is 30.7 Å². The number of hydrogen-bond acceptors (Lipinski definition) is 9. The molecule has 40 heavy (non-hydrogen) atoms. The van der Waals surface area contributed by atoms with Gasteiger partial charge in [-0.05, 0) is 45.1 Å². The van der Waals surface area contributed by atoms with Crippen LogP contribution in [0.4, 0.5) is 0 Å². The third-order valence-corrected chi connectivity index (χ3v) is 11.9. The Morgan fingerprint density at radius 1 is 1.05 bits per heavy atom. The predicted molar refractivity (Wildman–Crippen MR) is 139 cm³/mol. The summed E-state index contributed by atoms with van der Waals surface area (Å²) in [5, 5.41) is 12.0. The van der Waals surface area contributed by atoms with Crippen molar-refractivity contribution in [3.63, 3.8) is 0 Å². The van der Waals surface area contributed by atoms with Crippen LogP contribution in [0.5, 0.6) is 0 Å². The Balaban J connectivity index is 1.36. The molecule has 9 nitrogen and oxygen atoms in total. The molecule has 6 aliphatic rings. The third-order valence-electron chi connectivity index (χ3n) is 11.9. The van der Waals surface area contributed by atoms with Crippen LogP contribution in [-0.2, 0) is 39.8 Å². The number of furan rings is 1. The first-order valence-corrected chi connectivity index (χ1v) is 14.9. The molecular weight excluding hydrogens is 516 g/mol. The SMILES string of the molecule is CCCCCc1occc1[C@H]1OC(=O)[C@H]2O[C@@]23[C@]2(C)[C@H](O)C(=O)[C@H]4C(C)(C)O[C@H]5CC(=O)OC[C@@]54[C@@H]2CC[C@]13C. The highest BCUT2D eigenvalue weighted by Crippen LogP contribution is 2.80. The van der Waals surface area contributed by atoms with Crippen LogP contribution in [0.2, 0.25) is 0 Å². The molecule has 1 aromatic rings. The number of carbonyl (C=O) groups excluding carboxylic acids is 3. The second kappa shape index (κ2) is 8.19. The van der Waals surface area contributed by atoms with E-state index in [0.29, 0.717) is 12.8 Å². The molecule has 4 saturated heterocycles. The highest BCUT2D eigenvalue weighted by molar-refractivity contribution is 5.92. The van der Waals surface area contributed by atoms with Gasteiger partial charge in [0.25, 0.3) is 0 Å². The van der Waals surface area contributed by atoms with E-state index in [9.17, 15) is 19.5 Å². The number of ether oxygens (including phenoxy) is 4. The number of ketones is 1. The van der Waals surface area contributed by atoms with Crippen LogP contribution in [0.25, 0.3) is 0 Å². The van der Waals surface area contributed by atoms with Gasteiger partial charge in [-0.15, -0.1) is 0 Å². The maximum absolute atomic E-state index is 14.3. The van der Waals surface area contributed by atoms with Gasteiger partial charge in [-0.1, -0.05) is 33.6 Å². The molecule has 218 valence electrons. The van der Waals surface area contributed by atoms with Gasteiger partial charge >= 0.3 is 11.9 Å². The zero-order chi connectivity index (χ0) is 28.5. The Bertz CT molecular complexity index is 1280. The van der Waals surface area contributed by atoms with Gasteiger partial charge in [0.2, 0.25) is 0 Å². The molecule has 1 aromatic heterocycles. The molecule has 2 saturated carbocycles. The van der Waals surface area contributed by atoms with E-state index in [4.69, 9.17) is 23.4 Å². The Morgan fingerprint density at radius 2 is 1.82 bits per heavy atom. The number of aliphatic hydroxyl groups excluding tert-OH is 1. The summed E-state index contributed by atoms with van der Waals surface area (Å²) in [7, 11) is 0. The summed E-state index contributed by atoms with van der Waals surface area (Å²) >= 11 is 0. The predicted octanol–water partition coefficient (Wildman–Crippen LogP) is 3.84. The van der Waals surface area contributed by atoms with E-state index < -0.39 is 63.8 Å². The van der Waals surface area contributed by atoms with Crippen LogP contribution in [0, 0.1) is 28.1 Å². The van der Waals surface area contributed by atoms with Crippen molar-refractivity contribution in [2.24, 2.45) is 28.1 Å². The summed E-state index contributed by atoms with van der Waals surface area (Å²) in [5.74, 6) is -1.26. The van der Waals surface area contributed by atoms with Crippen molar-refractivity contribution in [1.29, 1.82) is 0 Å². The molecule has 0 radical (unpaired) electrons. The molecule has 9 heteroatoms. The first-order valence-electron chi connectivity index (χ1n) is 14.9. The van der Waals surface area contributed by atoms with Crippen LogP contribution in [0.3, 0.4) is 0 Å². The van der Waals surface area contributed by atoms with Gasteiger partial charge < -0.3 is 28.5 Å². The van der Waals surface area contributed by atoms with Crippen LogP contribution in [0.1, 0.15) is 90.6 Å². The van der Waals surface area contributed by atoms with E-state index >= 15 is 0 Å². The number of Topliss-reactive ketones (excluding diaryl/α,β-unsaturated/α-hetero) is 1. The maximum atomic E-state index is 14.3. The molecular formula is C31H40O9. The normalized spacial score (nSPS) is 48.2. The van der Waals surface area contributed by atoms with Crippen molar-refractivity contribution < 1.29 is 42.9 Å². The van der Waals surface area contributed by atoms with Gasteiger partial charge in [0.05, 0.1) is 30.3 Å². The Hall–Kier alpha value is -2.23. The number of esters is 2. The van der Waals surface area contributed by atoms with Crippen molar-refractivity contribution in [2.45, 2.75) is 115 Å². The van der Waals surface area contributed by atoms with Crippen LogP contribution in [0.15, 0.2) is 16.7 Å². The summed E-state index contributed by atoms with van der Waals surface area (Å²) in [5.41, 5.74) is -3.83. The number of cyclic esters (lactones) is 2. The Morgan fingerprint density at radius 3 is 2.58 bits per heavy atom. The summed E-state index contributed by atoms with van der Waals surface area (Å²) < 4.78 is 30.7. The van der Waals surface area contributed by atoms with Crippen molar-refractivity contribution in [3.8, 4) is 0 Å². The molecule has 0 bridgehead atoms. The molecule has 6 fully saturated rings. The minimum Gasteiger partial charge on any atom is -0.469 e. The topological polar surface area (TPSA) is 125 Å². The summed E-state index contributed by atoms with van der Waals surface area (Å²) in [6.07, 6.45) is 3.42. The average Bonchev–Trinajstić information content (AvgIpc) is 3.45. The molecule has 5 heterocycles. The standard InChI is InChI=1S/C31H40O9/c1-6-7-8-9-17-16(11-13-36-17)24-28(4)12-10-18-29(5,31(28)25(40-31)26(35)38-24)23(34)21(33)22-27(2,3)39-19-14-20(32)37-15-30(18,19)22/h11,13,18-19,22-25,34H,6-10,12,14-15H2,1-5H3/t18-,19+,22+,23-,24-,25-,28-,29+,30-,31+/m1/s1. The fourth-order valence-corrected chi connectivity index (χ4v) is 10.4. The third kappa shape index (κ3) is 2.87. The highest BCUT2D eigenvalue weighted by Gasteiger charge is 2.90. The van der Waals surface area contributed by atoms with Gasteiger partial charge in [0.15, 0.2) is 11.9 Å². The van der Waals surface area contributed by atoms with Crippen molar-refractivity contribution in [1.82, 2.24) is 0 Å². The Labute approximate surface area is 234 Å². The minimum absolute atomic E-state index is 0.0535. The second-order valence-electron chi connectivity index (χ2n) is 14.0. The number of aryl methyl sites for hydroxylation is 1. The lowest BCUT2D eigenvalue weighted by atomic mass is 9.36. The second-order valence-corrected chi connectivity index (χ2v) is 14.0. The van der Waals surface area contributed by atoms with Crippen LogP contribution < -0.4 is 0 Å². The van der Waals surface area contributed by atoms with Crippen molar-refractivity contribution in [3.05, 3.63) is 23.7 Å². The fraction of sp³-hybridized carbons (Fsp3) is 0.774. The van der Waals surface area contributed by atoms with Gasteiger partial charge in [0, 0.05) is 28.2 Å². The molecule has 10 atom stereocenters. The molecule has 7 rings (SSSR count). The molecule has 0 amide bonds. The van der Waals surface area contributed by atoms with Gasteiger partial charge in [-0.2, -0.15) is 0 Å². The number of carbonyl (C=O) groups is 3. The number of rotatable bonds is 5. The zero-order valence-corrected chi connectivity index (χ0v) is 24.0. The smallest absolute Gasteiger partial charge is 0.339 e. The van der Waals surface area contributed by atoms with Gasteiger partial charge in [0.1, 0.15) is 30.2 Å². The fourth-order valence-electron chi connectivity index (χ4n) is 10.4. The number of epoxide rings is 1. The quantitative estimate of drug-likeness (QED) is 0.327. The summed E-state index contributed by atoms with van der Waals surface area (Å²) in [6, 6.07) is 1.89. The lowest BCUT2D eigenvalue weighted by Crippen LogP contribution is -2.76. The molecule has 2 spiro atoms. The van der Waals surface area contributed by atoms with Crippen molar-refractivity contribution >= 4 is 17.7 Å². The van der Waals surface area contributed by atoms with E-state index in [1.165, 1.54) is 0 Å². The number of aliphatic hydroxyl groups is 1. The average molecular weight is 557 g/mol. The van der Waals surface area contributed by atoms with Crippen molar-refractivity contribution in [2.75, 3.05) is 6.61 Å². The molecule has 0 aromatic carbocycles. The van der Waals surface area contributed by atoms with E-state index in [1.807, 2.05) is 26.8 Å². The van der Waals surface area contributed by atoms with Gasteiger partial charge in [-0.25, -0.2) is 4.79 Å². The van der Waals surface area contributed by atoms with Gasteiger partial charge in [-0.3, -0.25) is 9.59 Å². The summed E-state index contributed by atoms with van der Waals surface area (Å²) in [6.45, 7) is 9.92. The van der Waals surface area contributed by atoms with E-state index in [0.717, 1.165) is 37.0 Å². The maximum Gasteiger partial charge on any atom is 0.339 e. The number of hydrogen-bond donors (Lipinski definition) is 1. The number of unbranched alkanes of at least 4 members (excludes halogenated alkanes) is 2. The lowest BCUT2D eigenvalue weighted by Gasteiger charge is -2.66. The molecule has 0 unspecified atom stereocenters. The lowest BCUT2D eigenvalue weighted by molar-refractivity contribution is -0.252. The minimum atomic E-state index is -1.38. The van der Waals surface area contributed by atoms with E-state index in [2.05, 4.69) is 13.8 Å². The summed E-state index contributed by atoms with van der Waals surface area (Å²) in [4.78, 5) is 40.3. The first kappa shape index (κ1) is 26.7. The molecule has 2 aliphatic carbocycles. The van der Waals surface area contributed by atoms with Crippen LogP contribution in [-0.4, -0.2) is 58.9 Å². The van der Waals surface area contributed by atoms with E-state index in [1.54, 1.807) is 6.26 Å². The highest BCUT2D eigenvalue weighted by atomic mass is 16.7. The molecule has 1 N–H and O–H groups in total. The molecule has 4 aliphatic heterocycles. The Kier molecular flexibility index (Phi) is 5.46. The number of fused-ring (bicyclic) bond motifs is 1. The largest absolute Gasteiger partial charge is 0.469 e. The van der Waals surface area contributed by atoms with Crippen LogP contribution >= 0.6 is 0 Å². The monoisotopic (exact) mass is 556 g/mol. The first-order chi connectivity index (χ1) is 18.9.